The van der Waals surface area contributed by atoms with E-state index in [2.05, 4.69) is 41.9 Å². The summed E-state index contributed by atoms with van der Waals surface area (Å²) in [6.45, 7) is -1.38. The molecule has 1 aromatic carbocycles. The molecule has 0 radical (unpaired) electrons. The lowest BCUT2D eigenvalue weighted by Gasteiger charge is -2.16. The Hall–Kier alpha value is -5.74. The van der Waals surface area contributed by atoms with E-state index in [4.69, 9.17) is 0 Å². The van der Waals surface area contributed by atoms with Gasteiger partial charge in [0, 0.05) is 62.1 Å². The van der Waals surface area contributed by atoms with Crippen LogP contribution in [0, 0.1) is 0 Å². The normalized spacial score (nSPS) is 11.7. The third-order valence-electron chi connectivity index (χ3n) is 6.21. The van der Waals surface area contributed by atoms with Gasteiger partial charge in [-0.15, -0.1) is 0 Å². The van der Waals surface area contributed by atoms with Crippen LogP contribution in [0.2, 0.25) is 0 Å². The van der Waals surface area contributed by atoms with Crippen LogP contribution in [0.3, 0.4) is 0 Å². The molecule has 0 aliphatic rings. The highest BCUT2D eigenvalue weighted by atomic mass is 16.3. The number of aliphatic hydroxyl groups is 2. The number of benzene rings is 1. The summed E-state index contributed by atoms with van der Waals surface area (Å²) in [5, 5.41) is 34.1. The summed E-state index contributed by atoms with van der Waals surface area (Å²) in [5.74, 6) is -3.30. The number of hydrogen-bond acceptors (Lipinski definition) is 10. The molecule has 242 valence electrons. The Morgan fingerprint density at radius 1 is 0.609 bits per heavy atom. The Labute approximate surface area is 263 Å². The van der Waals surface area contributed by atoms with Crippen LogP contribution < -0.4 is 31.9 Å². The Morgan fingerprint density at radius 3 is 1.33 bits per heavy atom. The quantitative estimate of drug-likeness (QED) is 0.0951. The minimum absolute atomic E-state index is 0.0511. The summed E-state index contributed by atoms with van der Waals surface area (Å²) in [4.78, 5) is 81.3. The van der Waals surface area contributed by atoms with Crippen molar-refractivity contribution in [3.63, 3.8) is 0 Å². The largest absolute Gasteiger partial charge is 0.394 e. The second-order valence-corrected chi connectivity index (χ2v) is 9.66. The molecule has 0 saturated heterocycles. The molecule has 0 bridgehead atoms. The number of carbonyl (C=O) groups is 6. The smallest absolute Gasteiger partial charge is 0.253 e. The molecule has 3 rings (SSSR count). The minimum atomic E-state index is -1.21. The maximum Gasteiger partial charge on any atom is 0.253 e. The van der Waals surface area contributed by atoms with Crippen LogP contribution in [0.4, 0.5) is 11.4 Å². The predicted molar refractivity (Wildman–Crippen MR) is 164 cm³/mol. The highest BCUT2D eigenvalue weighted by molar-refractivity contribution is 5.98. The van der Waals surface area contributed by atoms with Gasteiger partial charge >= 0.3 is 0 Å². The zero-order valence-electron chi connectivity index (χ0n) is 24.6. The number of rotatable bonds is 16. The first-order valence-electron chi connectivity index (χ1n) is 14.1. The van der Waals surface area contributed by atoms with Gasteiger partial charge in [-0.1, -0.05) is 0 Å². The Morgan fingerprint density at radius 2 is 1.00 bits per heavy atom. The van der Waals surface area contributed by atoms with Crippen molar-refractivity contribution >= 4 is 46.8 Å². The van der Waals surface area contributed by atoms with Crippen molar-refractivity contribution in [3.8, 4) is 0 Å². The van der Waals surface area contributed by atoms with Gasteiger partial charge in [0.1, 0.15) is 12.1 Å². The van der Waals surface area contributed by atoms with E-state index in [1.54, 1.807) is 36.4 Å². The third kappa shape index (κ3) is 11.4. The number of amides is 6. The van der Waals surface area contributed by atoms with Crippen molar-refractivity contribution < 1.29 is 39.0 Å². The average Bonchev–Trinajstić information content (AvgIpc) is 3.07. The molecule has 0 spiro atoms. The molecular formula is C30H34N8O8. The summed E-state index contributed by atoms with van der Waals surface area (Å²) in [5.41, 5.74) is 1.31. The van der Waals surface area contributed by atoms with Crippen LogP contribution in [0.5, 0.6) is 0 Å². The second-order valence-electron chi connectivity index (χ2n) is 9.66. The molecule has 0 saturated carbocycles. The first-order chi connectivity index (χ1) is 22.2. The number of aromatic nitrogens is 2. The van der Waals surface area contributed by atoms with Crippen LogP contribution in [0.25, 0.3) is 0 Å². The molecule has 8 N–H and O–H groups in total. The molecule has 0 unspecified atom stereocenters. The number of carbonyl (C=O) groups excluding carboxylic acids is 6. The zero-order valence-corrected chi connectivity index (χ0v) is 24.6. The number of pyridine rings is 2. The topological polar surface area (TPSA) is 241 Å². The highest BCUT2D eigenvalue weighted by Crippen LogP contribution is 2.14. The van der Waals surface area contributed by atoms with Crippen LogP contribution in [-0.4, -0.2) is 94.0 Å². The first-order valence-corrected chi connectivity index (χ1v) is 14.1. The molecule has 6 amide bonds. The standard InChI is InChI=1S/C30H34N8O8/c39-17-23(37-27(43)19-3-1-11-31-15-19)29(45)33-13-9-25(41)35-21-5-7-22(8-6-21)36-26(42)10-14-34-30(46)24(18-40)38-28(44)20-4-2-12-32-16-20/h1-8,11-12,15-16,23-24,39-40H,9-10,13-14,17-18H2,(H,33,45)(H,34,46)(H,35,41)(H,36,42)(H,37,43)(H,38,44)/t23-,24-/m0/s1. The summed E-state index contributed by atoms with van der Waals surface area (Å²) in [6, 6.07) is 9.94. The lowest BCUT2D eigenvalue weighted by molar-refractivity contribution is -0.125. The van der Waals surface area contributed by atoms with Crippen LogP contribution in [-0.2, 0) is 19.2 Å². The molecule has 0 fully saturated rings. The van der Waals surface area contributed by atoms with Gasteiger partial charge in [0.2, 0.25) is 23.6 Å². The van der Waals surface area contributed by atoms with E-state index in [1.807, 2.05) is 0 Å². The number of hydrogen-bond donors (Lipinski definition) is 8. The van der Waals surface area contributed by atoms with Crippen molar-refractivity contribution in [2.45, 2.75) is 24.9 Å². The highest BCUT2D eigenvalue weighted by Gasteiger charge is 2.22. The van der Waals surface area contributed by atoms with Crippen molar-refractivity contribution in [2.24, 2.45) is 0 Å². The summed E-state index contributed by atoms with van der Waals surface area (Å²) < 4.78 is 0. The number of aliphatic hydroxyl groups excluding tert-OH is 2. The maximum absolute atomic E-state index is 12.3. The van der Waals surface area contributed by atoms with E-state index in [9.17, 15) is 39.0 Å². The van der Waals surface area contributed by atoms with Crippen LogP contribution >= 0.6 is 0 Å². The Kier molecular flexibility index (Phi) is 13.7. The minimum Gasteiger partial charge on any atom is -0.394 e. The van der Waals surface area contributed by atoms with Crippen molar-refractivity contribution in [1.82, 2.24) is 31.2 Å². The van der Waals surface area contributed by atoms with Gasteiger partial charge in [-0.3, -0.25) is 38.7 Å². The third-order valence-corrected chi connectivity index (χ3v) is 6.21. The second kappa shape index (κ2) is 18.2. The van der Waals surface area contributed by atoms with Gasteiger partial charge in [0.15, 0.2) is 0 Å². The fraction of sp³-hybridized carbons (Fsp3) is 0.267. The molecule has 2 aromatic heterocycles. The van der Waals surface area contributed by atoms with Gasteiger partial charge in [-0.2, -0.15) is 0 Å². The molecule has 16 nitrogen and oxygen atoms in total. The van der Waals surface area contributed by atoms with Crippen LogP contribution in [0.15, 0.2) is 73.3 Å². The van der Waals surface area contributed by atoms with E-state index in [0.29, 0.717) is 11.4 Å². The maximum atomic E-state index is 12.3. The molecule has 16 heteroatoms. The fourth-order valence-electron chi connectivity index (χ4n) is 3.79. The summed E-state index contributed by atoms with van der Waals surface area (Å²) in [7, 11) is 0. The SMILES string of the molecule is O=C(CCNC(=O)[C@H](CO)NC(=O)c1cccnc1)Nc1ccc(NC(=O)CCNC(=O)[C@H](CO)NC(=O)c2cccnc2)cc1. The van der Waals surface area contributed by atoms with E-state index in [0.717, 1.165) is 0 Å². The molecule has 0 aliphatic carbocycles. The van der Waals surface area contributed by atoms with E-state index < -0.39 is 60.7 Å². The number of nitrogens with one attached hydrogen (secondary N) is 6. The summed E-state index contributed by atoms with van der Waals surface area (Å²) in [6.07, 6.45) is 5.45. The predicted octanol–water partition coefficient (Wildman–Crippen LogP) is -1.05. The van der Waals surface area contributed by atoms with Crippen molar-refractivity contribution in [3.05, 3.63) is 84.4 Å². The first kappa shape index (κ1) is 34.7. The van der Waals surface area contributed by atoms with Gasteiger partial charge < -0.3 is 42.1 Å². The zero-order chi connectivity index (χ0) is 33.3. The molecule has 46 heavy (non-hydrogen) atoms. The molecule has 2 atom stereocenters. The number of anilines is 2. The molecule has 0 aliphatic heterocycles. The lowest BCUT2D eigenvalue weighted by atomic mass is 10.2. The lowest BCUT2D eigenvalue weighted by Crippen LogP contribution is -2.49. The van der Waals surface area contributed by atoms with Crippen LogP contribution in [0.1, 0.15) is 33.6 Å². The Balaban J connectivity index is 1.34. The Bertz CT molecular complexity index is 1380. The molecule has 3 aromatic rings. The monoisotopic (exact) mass is 634 g/mol. The van der Waals surface area contributed by atoms with E-state index >= 15 is 0 Å². The van der Waals surface area contributed by atoms with Gasteiger partial charge in [-0.05, 0) is 48.5 Å². The van der Waals surface area contributed by atoms with E-state index in [-0.39, 0.29) is 37.1 Å². The van der Waals surface area contributed by atoms with Crippen molar-refractivity contribution in [2.75, 3.05) is 36.9 Å². The molecular weight excluding hydrogens is 600 g/mol. The van der Waals surface area contributed by atoms with Gasteiger partial charge in [-0.25, -0.2) is 0 Å². The summed E-state index contributed by atoms with van der Waals surface area (Å²) >= 11 is 0. The average molecular weight is 635 g/mol. The van der Waals surface area contributed by atoms with E-state index in [1.165, 1.54) is 36.9 Å². The van der Waals surface area contributed by atoms with Gasteiger partial charge in [0.25, 0.3) is 11.8 Å². The van der Waals surface area contributed by atoms with Crippen molar-refractivity contribution in [1.29, 1.82) is 0 Å². The number of nitrogens with zero attached hydrogens (tertiary/aromatic N) is 2. The van der Waals surface area contributed by atoms with Gasteiger partial charge in [0.05, 0.1) is 24.3 Å². The molecule has 2 heterocycles. The fourth-order valence-corrected chi connectivity index (χ4v) is 3.79.